The van der Waals surface area contributed by atoms with Gasteiger partial charge in [0.2, 0.25) is 0 Å². The van der Waals surface area contributed by atoms with Gasteiger partial charge in [-0.2, -0.15) is 0 Å². The van der Waals surface area contributed by atoms with E-state index in [9.17, 15) is 9.50 Å². The minimum atomic E-state index is -0.556. The summed E-state index contributed by atoms with van der Waals surface area (Å²) >= 11 is -0.556. The minimum absolute atomic E-state index is 0.193. The number of para-hydroxylation sites is 1. The molecule has 0 amide bonds. The summed E-state index contributed by atoms with van der Waals surface area (Å²) in [4.78, 5) is 2.27. The van der Waals surface area contributed by atoms with Crippen LogP contribution in [0.4, 0.5) is 10.1 Å². The molecule has 2 nitrogen and oxygen atoms in total. The molecular formula is C17H19Cl2FNOPTi. The van der Waals surface area contributed by atoms with Crippen molar-refractivity contribution in [3.05, 3.63) is 48.3 Å². The fourth-order valence-corrected chi connectivity index (χ4v) is 3.94. The Morgan fingerprint density at radius 1 is 1.00 bits per heavy atom. The van der Waals surface area contributed by atoms with Crippen molar-refractivity contribution in [3.63, 3.8) is 0 Å². The Balaban J connectivity index is 0.000000647. The monoisotopic (exact) mass is 421 g/mol. The molecule has 0 spiro atoms. The van der Waals surface area contributed by atoms with Crippen LogP contribution >= 0.6 is 27.2 Å². The number of rotatable bonds is 3. The number of piperidine rings is 1. The van der Waals surface area contributed by atoms with Gasteiger partial charge in [0, 0.05) is 29.4 Å². The third kappa shape index (κ3) is 5.90. The number of phenolic OH excluding ortho intramolecular Hbond substituents is 1. The van der Waals surface area contributed by atoms with Gasteiger partial charge in [-0.1, -0.05) is 26.8 Å². The zero-order valence-electron chi connectivity index (χ0n) is 13.1. The quantitative estimate of drug-likeness (QED) is 0.581. The molecule has 1 N–H and O–H groups in total. The van der Waals surface area contributed by atoms with Crippen LogP contribution in [0.2, 0.25) is 0 Å². The van der Waals surface area contributed by atoms with E-state index < -0.39 is 17.0 Å². The van der Waals surface area contributed by atoms with Crippen molar-refractivity contribution in [2.75, 3.05) is 18.0 Å². The van der Waals surface area contributed by atoms with Crippen LogP contribution in [0.5, 0.6) is 5.75 Å². The van der Waals surface area contributed by atoms with E-state index in [1.54, 1.807) is 12.1 Å². The van der Waals surface area contributed by atoms with Crippen molar-refractivity contribution in [1.29, 1.82) is 0 Å². The summed E-state index contributed by atoms with van der Waals surface area (Å²) in [6.07, 6.45) is 3.58. The molecule has 1 unspecified atom stereocenters. The van der Waals surface area contributed by atoms with E-state index >= 15 is 0 Å². The van der Waals surface area contributed by atoms with Crippen LogP contribution in [-0.4, -0.2) is 18.2 Å². The first-order chi connectivity index (χ1) is 11.7. The Bertz CT molecular complexity index is 656. The number of hydrogen-bond donors (Lipinski definition) is 1. The first kappa shape index (κ1) is 20.0. The maximum atomic E-state index is 13.6. The van der Waals surface area contributed by atoms with Gasteiger partial charge in [-0.3, -0.25) is 0 Å². The molecule has 2 aromatic rings. The first-order valence-corrected chi connectivity index (χ1v) is 13.0. The zero-order chi connectivity index (χ0) is 17.4. The molecule has 0 aromatic heterocycles. The summed E-state index contributed by atoms with van der Waals surface area (Å²) in [5.41, 5.74) is 0.983. The van der Waals surface area contributed by atoms with Crippen molar-refractivity contribution in [1.82, 2.24) is 0 Å². The summed E-state index contributed by atoms with van der Waals surface area (Å²) in [6, 6.07) is 12.4. The molecule has 3 rings (SSSR count). The van der Waals surface area contributed by atoms with Gasteiger partial charge >= 0.3 is 35.6 Å². The third-order valence-corrected chi connectivity index (χ3v) is 5.21. The molecule has 1 aliphatic heterocycles. The van der Waals surface area contributed by atoms with E-state index in [0.29, 0.717) is 14.3 Å². The second kappa shape index (κ2) is 10.6. The number of benzene rings is 2. The number of phenols is 1. The zero-order valence-corrected chi connectivity index (χ0v) is 17.2. The number of halogens is 3. The third-order valence-electron chi connectivity index (χ3n) is 3.83. The van der Waals surface area contributed by atoms with E-state index in [1.807, 2.05) is 24.3 Å². The summed E-state index contributed by atoms with van der Waals surface area (Å²) < 4.78 is 13.6. The van der Waals surface area contributed by atoms with Crippen molar-refractivity contribution in [2.24, 2.45) is 0 Å². The van der Waals surface area contributed by atoms with Crippen LogP contribution in [0.15, 0.2) is 42.5 Å². The molecule has 7 heteroatoms. The van der Waals surface area contributed by atoms with E-state index in [2.05, 4.69) is 4.90 Å². The molecule has 128 valence electrons. The number of nitrogens with zero attached hydrogens (tertiary/aromatic N) is 1. The van der Waals surface area contributed by atoms with Gasteiger partial charge in [0.1, 0.15) is 11.6 Å². The first-order valence-electron chi connectivity index (χ1n) is 7.71. The SMILES string of the molecule is Oc1ccccc1Pc1ccc(F)cc1N1CCCCC1.[Cl][Ti][Cl]. The standard InChI is InChI=1S/C17H19FNOP.2ClH.Ti/c18-13-8-9-16(21-17-7-3-2-6-15(17)20)14(12-13)19-10-4-1-5-11-19;;;/h2-3,6-9,12,20-21H,1,4-5,10-11H2;2*1H;/q;;;+2/p-2. The molecule has 24 heavy (non-hydrogen) atoms. The molecule has 0 radical (unpaired) electrons. The summed E-state index contributed by atoms with van der Waals surface area (Å²) in [5.74, 6) is 0.117. The van der Waals surface area contributed by atoms with Crippen LogP contribution < -0.4 is 15.5 Å². The van der Waals surface area contributed by atoms with Gasteiger partial charge in [0.15, 0.2) is 0 Å². The number of aromatic hydroxyl groups is 1. The fourth-order valence-electron chi connectivity index (χ4n) is 2.73. The van der Waals surface area contributed by atoms with Gasteiger partial charge in [-0.05, 0) is 43.5 Å². The molecule has 2 aromatic carbocycles. The van der Waals surface area contributed by atoms with Crippen LogP contribution in [-0.2, 0) is 17.0 Å². The second-order valence-corrected chi connectivity index (χ2v) is 9.33. The molecule has 1 heterocycles. The number of hydrogen-bond acceptors (Lipinski definition) is 2. The average Bonchev–Trinajstić information content (AvgIpc) is 2.60. The average molecular weight is 422 g/mol. The Morgan fingerprint density at radius 3 is 2.33 bits per heavy atom. The van der Waals surface area contributed by atoms with E-state index in [0.717, 1.165) is 42.2 Å². The Labute approximate surface area is 160 Å². The predicted octanol–water partition coefficient (Wildman–Crippen LogP) is 4.53. The fraction of sp³-hybridized carbons (Fsp3) is 0.294. The normalized spacial score (nSPS) is 14.4. The molecule has 0 saturated carbocycles. The topological polar surface area (TPSA) is 23.5 Å². The van der Waals surface area contributed by atoms with Gasteiger partial charge in [-0.25, -0.2) is 4.39 Å². The molecular weight excluding hydrogens is 403 g/mol. The molecule has 1 atom stereocenters. The molecule has 1 saturated heterocycles. The summed E-state index contributed by atoms with van der Waals surface area (Å²) in [7, 11) is 10.1. The van der Waals surface area contributed by atoms with Gasteiger partial charge in [-0.15, -0.1) is 0 Å². The van der Waals surface area contributed by atoms with E-state index in [-0.39, 0.29) is 5.82 Å². The summed E-state index contributed by atoms with van der Waals surface area (Å²) in [5, 5.41) is 11.9. The van der Waals surface area contributed by atoms with E-state index in [1.165, 1.54) is 12.5 Å². The van der Waals surface area contributed by atoms with Gasteiger partial charge < -0.3 is 10.0 Å². The van der Waals surface area contributed by atoms with Crippen molar-refractivity contribution >= 4 is 43.5 Å². The molecule has 0 bridgehead atoms. The van der Waals surface area contributed by atoms with Crippen molar-refractivity contribution in [3.8, 4) is 5.75 Å². The van der Waals surface area contributed by atoms with Crippen LogP contribution in [0.1, 0.15) is 19.3 Å². The molecule has 0 aliphatic carbocycles. The van der Waals surface area contributed by atoms with Crippen LogP contribution in [0, 0.1) is 5.82 Å². The molecule has 1 fully saturated rings. The Kier molecular flexibility index (Phi) is 8.87. The van der Waals surface area contributed by atoms with E-state index in [4.69, 9.17) is 18.6 Å². The Morgan fingerprint density at radius 2 is 1.67 bits per heavy atom. The molecule has 1 aliphatic rings. The van der Waals surface area contributed by atoms with Crippen molar-refractivity contribution < 1.29 is 26.5 Å². The predicted molar refractivity (Wildman–Crippen MR) is 99.9 cm³/mol. The number of anilines is 1. The van der Waals surface area contributed by atoms with Crippen molar-refractivity contribution in [2.45, 2.75) is 19.3 Å². The van der Waals surface area contributed by atoms with Gasteiger partial charge in [0.25, 0.3) is 0 Å². The maximum absolute atomic E-state index is 13.6. The van der Waals surface area contributed by atoms with Gasteiger partial charge in [0.05, 0.1) is 0 Å². The second-order valence-electron chi connectivity index (χ2n) is 5.42. The Hall–Kier alpha value is -0.306. The summed E-state index contributed by atoms with van der Waals surface area (Å²) in [6.45, 7) is 1.98. The van der Waals surface area contributed by atoms with Crippen LogP contribution in [0.3, 0.4) is 0 Å². The van der Waals surface area contributed by atoms with Crippen LogP contribution in [0.25, 0.3) is 0 Å².